The van der Waals surface area contributed by atoms with Gasteiger partial charge < -0.3 is 5.32 Å². The van der Waals surface area contributed by atoms with Crippen LogP contribution < -0.4 is 10.5 Å². The van der Waals surface area contributed by atoms with E-state index in [-0.39, 0.29) is 23.6 Å². The highest BCUT2D eigenvalue weighted by molar-refractivity contribution is 7.91. The SMILES string of the molecule is NS(=O)(=O)c1ccc(CNC(=O)C2CCC(F)(F)C2)s1. The van der Waals surface area contributed by atoms with E-state index in [1.54, 1.807) is 0 Å². The molecular weight excluding hydrogens is 310 g/mol. The van der Waals surface area contributed by atoms with Crippen LogP contribution in [0.5, 0.6) is 0 Å². The molecule has 0 bridgehead atoms. The molecule has 0 saturated heterocycles. The Balaban J connectivity index is 1.90. The Morgan fingerprint density at radius 3 is 2.70 bits per heavy atom. The first-order valence-electron chi connectivity index (χ1n) is 5.94. The molecule has 1 amide bonds. The molecule has 1 unspecified atom stereocenters. The second-order valence-corrected chi connectivity index (χ2v) is 7.74. The summed E-state index contributed by atoms with van der Waals surface area (Å²) in [6.07, 6.45) is -0.517. The molecule has 20 heavy (non-hydrogen) atoms. The van der Waals surface area contributed by atoms with E-state index in [4.69, 9.17) is 5.14 Å². The molecule has 3 N–H and O–H groups in total. The summed E-state index contributed by atoms with van der Waals surface area (Å²) < 4.78 is 48.2. The maximum Gasteiger partial charge on any atom is 0.248 e. The Morgan fingerprint density at radius 2 is 2.20 bits per heavy atom. The second kappa shape index (κ2) is 5.38. The molecule has 1 aliphatic carbocycles. The predicted molar refractivity (Wildman–Crippen MR) is 69.8 cm³/mol. The zero-order valence-corrected chi connectivity index (χ0v) is 12.1. The average molecular weight is 324 g/mol. The van der Waals surface area contributed by atoms with Gasteiger partial charge in [-0.1, -0.05) is 0 Å². The average Bonchev–Trinajstić information content (AvgIpc) is 2.91. The molecule has 1 aliphatic rings. The third-order valence-corrected chi connectivity index (χ3v) is 5.65. The van der Waals surface area contributed by atoms with E-state index in [2.05, 4.69) is 5.32 Å². The fourth-order valence-electron chi connectivity index (χ4n) is 2.10. The maximum atomic E-state index is 13.0. The van der Waals surface area contributed by atoms with Crippen LogP contribution in [0.1, 0.15) is 24.1 Å². The second-order valence-electron chi connectivity index (χ2n) is 4.78. The monoisotopic (exact) mass is 324 g/mol. The van der Waals surface area contributed by atoms with Crippen LogP contribution in [0.2, 0.25) is 0 Å². The molecule has 0 spiro atoms. The summed E-state index contributed by atoms with van der Waals surface area (Å²) in [5.41, 5.74) is 0. The van der Waals surface area contributed by atoms with Crippen molar-refractivity contribution in [1.29, 1.82) is 0 Å². The van der Waals surface area contributed by atoms with Gasteiger partial charge in [0.15, 0.2) is 0 Å². The van der Waals surface area contributed by atoms with E-state index in [0.717, 1.165) is 11.3 Å². The van der Waals surface area contributed by atoms with Crippen molar-refractivity contribution in [2.75, 3.05) is 0 Å². The molecule has 0 aliphatic heterocycles. The number of rotatable bonds is 4. The predicted octanol–water partition coefficient (Wildman–Crippen LogP) is 1.45. The van der Waals surface area contributed by atoms with Gasteiger partial charge in [-0.15, -0.1) is 11.3 Å². The lowest BCUT2D eigenvalue weighted by Crippen LogP contribution is -2.29. The van der Waals surface area contributed by atoms with E-state index >= 15 is 0 Å². The van der Waals surface area contributed by atoms with E-state index in [0.29, 0.717) is 4.88 Å². The first kappa shape index (κ1) is 15.3. The van der Waals surface area contributed by atoms with Crippen LogP contribution in [-0.2, 0) is 21.4 Å². The molecule has 1 fully saturated rings. The normalized spacial score (nSPS) is 21.9. The number of hydrogen-bond donors (Lipinski definition) is 2. The Morgan fingerprint density at radius 1 is 1.50 bits per heavy atom. The number of nitrogens with one attached hydrogen (secondary N) is 1. The highest BCUT2D eigenvalue weighted by Crippen LogP contribution is 2.38. The Hall–Kier alpha value is -1.06. The summed E-state index contributed by atoms with van der Waals surface area (Å²) in [6.45, 7) is 0.112. The van der Waals surface area contributed by atoms with Crippen LogP contribution in [0.3, 0.4) is 0 Å². The Kier molecular flexibility index (Phi) is 4.12. The van der Waals surface area contributed by atoms with Crippen molar-refractivity contribution < 1.29 is 22.0 Å². The highest BCUT2D eigenvalue weighted by atomic mass is 32.2. The molecule has 2 rings (SSSR count). The van der Waals surface area contributed by atoms with Gasteiger partial charge in [0.25, 0.3) is 0 Å². The minimum Gasteiger partial charge on any atom is -0.351 e. The lowest BCUT2D eigenvalue weighted by molar-refractivity contribution is -0.125. The summed E-state index contributed by atoms with van der Waals surface area (Å²) in [7, 11) is -3.74. The number of nitrogens with two attached hydrogens (primary N) is 1. The molecule has 9 heteroatoms. The zero-order chi connectivity index (χ0) is 15.0. The van der Waals surface area contributed by atoms with Crippen LogP contribution in [0.15, 0.2) is 16.3 Å². The van der Waals surface area contributed by atoms with E-state index in [1.165, 1.54) is 12.1 Å². The Labute approximate surface area is 119 Å². The summed E-state index contributed by atoms with van der Waals surface area (Å²) in [5.74, 6) is -3.86. The molecule has 1 heterocycles. The minimum atomic E-state index is -3.74. The number of primary sulfonamides is 1. The van der Waals surface area contributed by atoms with Crippen LogP contribution >= 0.6 is 11.3 Å². The first-order chi connectivity index (χ1) is 9.17. The van der Waals surface area contributed by atoms with E-state index < -0.39 is 34.2 Å². The zero-order valence-electron chi connectivity index (χ0n) is 10.4. The molecule has 5 nitrogen and oxygen atoms in total. The van der Waals surface area contributed by atoms with Gasteiger partial charge in [-0.2, -0.15) is 0 Å². The quantitative estimate of drug-likeness (QED) is 0.878. The molecule has 1 saturated carbocycles. The van der Waals surface area contributed by atoms with Crippen molar-refractivity contribution in [3.05, 3.63) is 17.0 Å². The van der Waals surface area contributed by atoms with Gasteiger partial charge in [-0.3, -0.25) is 4.79 Å². The van der Waals surface area contributed by atoms with Crippen LogP contribution in [0, 0.1) is 5.92 Å². The molecule has 0 aromatic carbocycles. The molecule has 0 radical (unpaired) electrons. The smallest absolute Gasteiger partial charge is 0.248 e. The van der Waals surface area contributed by atoms with Crippen LogP contribution in [0.4, 0.5) is 8.78 Å². The fraction of sp³-hybridized carbons (Fsp3) is 0.545. The van der Waals surface area contributed by atoms with Gasteiger partial charge in [-0.25, -0.2) is 22.3 Å². The lowest BCUT2D eigenvalue weighted by atomic mass is 10.1. The first-order valence-corrected chi connectivity index (χ1v) is 8.31. The number of halogens is 2. The fourth-order valence-corrected chi connectivity index (χ4v) is 3.82. The van der Waals surface area contributed by atoms with Crippen molar-refractivity contribution in [1.82, 2.24) is 5.32 Å². The van der Waals surface area contributed by atoms with Crippen LogP contribution in [-0.4, -0.2) is 20.2 Å². The van der Waals surface area contributed by atoms with Crippen molar-refractivity contribution in [2.45, 2.75) is 35.9 Å². The van der Waals surface area contributed by atoms with E-state index in [1.807, 2.05) is 0 Å². The number of alkyl halides is 2. The standard InChI is InChI=1S/C11H14F2N2O3S2/c12-11(13)4-3-7(5-11)10(16)15-6-8-1-2-9(19-8)20(14,17)18/h1-2,7H,3-6H2,(H,15,16)(H2,14,17,18). The van der Waals surface area contributed by atoms with Crippen molar-refractivity contribution in [3.8, 4) is 0 Å². The largest absolute Gasteiger partial charge is 0.351 e. The minimum absolute atomic E-state index is 0.00847. The van der Waals surface area contributed by atoms with Crippen LogP contribution in [0.25, 0.3) is 0 Å². The van der Waals surface area contributed by atoms with Crippen molar-refractivity contribution in [3.63, 3.8) is 0 Å². The van der Waals surface area contributed by atoms with Gasteiger partial charge >= 0.3 is 0 Å². The number of sulfonamides is 1. The Bertz CT molecular complexity index is 613. The summed E-state index contributed by atoms with van der Waals surface area (Å²) in [5, 5.41) is 7.51. The number of hydrogen-bond acceptors (Lipinski definition) is 4. The van der Waals surface area contributed by atoms with Gasteiger partial charge in [0.1, 0.15) is 4.21 Å². The third-order valence-electron chi connectivity index (χ3n) is 3.13. The lowest BCUT2D eigenvalue weighted by Gasteiger charge is -2.10. The summed E-state index contributed by atoms with van der Waals surface area (Å²) >= 11 is 0.948. The topological polar surface area (TPSA) is 89.3 Å². The molecule has 1 aromatic heterocycles. The maximum absolute atomic E-state index is 13.0. The molecule has 112 valence electrons. The van der Waals surface area contributed by atoms with Gasteiger partial charge in [0, 0.05) is 23.6 Å². The number of amides is 1. The molecular formula is C11H14F2N2O3S2. The van der Waals surface area contributed by atoms with Gasteiger partial charge in [0.2, 0.25) is 21.9 Å². The number of thiophene rings is 1. The van der Waals surface area contributed by atoms with Gasteiger partial charge in [-0.05, 0) is 18.6 Å². The van der Waals surface area contributed by atoms with Gasteiger partial charge in [0.05, 0.1) is 6.54 Å². The number of carbonyl (C=O) groups is 1. The third kappa shape index (κ3) is 3.74. The molecule has 1 atom stereocenters. The highest BCUT2D eigenvalue weighted by Gasteiger charge is 2.42. The number of carbonyl (C=O) groups excluding carboxylic acids is 1. The summed E-state index contributed by atoms with van der Waals surface area (Å²) in [6, 6.07) is 2.89. The molecule has 1 aromatic rings. The van der Waals surface area contributed by atoms with Crippen molar-refractivity contribution >= 4 is 27.3 Å². The summed E-state index contributed by atoms with van der Waals surface area (Å²) in [4.78, 5) is 12.3. The van der Waals surface area contributed by atoms with Crippen molar-refractivity contribution in [2.24, 2.45) is 11.1 Å². The van der Waals surface area contributed by atoms with E-state index in [9.17, 15) is 22.0 Å².